The molecule has 0 aliphatic carbocycles. The van der Waals surface area contributed by atoms with E-state index in [-0.39, 0.29) is 0 Å². The summed E-state index contributed by atoms with van der Waals surface area (Å²) in [5.74, 6) is 6.49. The molecule has 0 unspecified atom stereocenters. The molecule has 0 fully saturated rings. The average molecular weight is 197 g/mol. The van der Waals surface area contributed by atoms with Gasteiger partial charge in [-0.3, -0.25) is 0 Å². The summed E-state index contributed by atoms with van der Waals surface area (Å²) in [5.41, 5.74) is 0. The smallest absolute Gasteiger partial charge is 0.0573 e. The molecule has 0 radical (unpaired) electrons. The summed E-state index contributed by atoms with van der Waals surface area (Å²) in [4.78, 5) is 0. The van der Waals surface area contributed by atoms with Crippen LogP contribution < -0.4 is 5.32 Å². The van der Waals surface area contributed by atoms with Crippen molar-refractivity contribution in [2.45, 2.75) is 52.0 Å². The molecule has 0 aromatic rings. The first-order chi connectivity index (χ1) is 5.92. The Morgan fingerprint density at radius 2 is 1.77 bits per heavy atom. The van der Waals surface area contributed by atoms with Crippen molar-refractivity contribution in [3.8, 4) is 11.8 Å². The molecule has 2 heteroatoms. The maximum absolute atomic E-state index is 3.35. The van der Waals surface area contributed by atoms with E-state index in [0.717, 1.165) is 19.0 Å². The van der Waals surface area contributed by atoms with E-state index in [1.54, 1.807) is 0 Å². The molecule has 1 N–H and O–H groups in total. The minimum absolute atomic E-state index is 0.582. The van der Waals surface area contributed by atoms with Gasteiger partial charge in [0.05, 0.1) is 8.07 Å². The molecule has 0 spiro atoms. The van der Waals surface area contributed by atoms with Crippen molar-refractivity contribution in [2.75, 3.05) is 6.54 Å². The number of nitrogens with one attached hydrogen (secondary N) is 1. The maximum atomic E-state index is 3.35. The van der Waals surface area contributed by atoms with Crippen molar-refractivity contribution in [3.63, 3.8) is 0 Å². The van der Waals surface area contributed by atoms with E-state index < -0.39 is 8.07 Å². The molecule has 0 heterocycles. The molecule has 0 aromatic carbocycles. The third-order valence-electron chi connectivity index (χ3n) is 1.55. The highest BCUT2D eigenvalue weighted by Crippen LogP contribution is 2.05. The van der Waals surface area contributed by atoms with Crippen LogP contribution in [-0.2, 0) is 0 Å². The number of hydrogen-bond donors (Lipinski definition) is 1. The molecule has 0 saturated carbocycles. The molecule has 13 heavy (non-hydrogen) atoms. The van der Waals surface area contributed by atoms with Gasteiger partial charge >= 0.3 is 0 Å². The van der Waals surface area contributed by atoms with Crippen LogP contribution in [0.5, 0.6) is 0 Å². The minimum atomic E-state index is -0.933. The lowest BCUT2D eigenvalue weighted by atomic mass is 10.3. The van der Waals surface area contributed by atoms with Crippen molar-refractivity contribution >= 4 is 8.07 Å². The van der Waals surface area contributed by atoms with Crippen molar-refractivity contribution < 1.29 is 0 Å². The summed E-state index contributed by atoms with van der Waals surface area (Å²) in [6, 6.07) is 1.72. The Kier molecular flexibility index (Phi) is 6.10. The van der Waals surface area contributed by atoms with E-state index in [0.29, 0.717) is 6.04 Å². The monoisotopic (exact) mass is 197 g/mol. The second kappa shape index (κ2) is 6.23. The van der Waals surface area contributed by atoms with Crippen molar-refractivity contribution in [2.24, 2.45) is 0 Å². The van der Waals surface area contributed by atoms with Crippen LogP contribution >= 0.6 is 0 Å². The summed E-state index contributed by atoms with van der Waals surface area (Å²) < 4.78 is 0. The van der Waals surface area contributed by atoms with Crippen molar-refractivity contribution in [1.29, 1.82) is 0 Å². The molecule has 76 valence electrons. The van der Waals surface area contributed by atoms with E-state index in [9.17, 15) is 0 Å². The average Bonchev–Trinajstić information content (AvgIpc) is 1.93. The largest absolute Gasteiger partial charge is 0.314 e. The molecule has 0 aromatic heterocycles. The van der Waals surface area contributed by atoms with Crippen LogP contribution in [0.25, 0.3) is 0 Å². The Bertz CT molecular complexity index is 180. The Labute approximate surface area is 84.3 Å². The van der Waals surface area contributed by atoms with Crippen LogP contribution in [0.4, 0.5) is 0 Å². The zero-order valence-corrected chi connectivity index (χ0v) is 10.7. The fourth-order valence-corrected chi connectivity index (χ4v) is 1.49. The lowest BCUT2D eigenvalue weighted by Gasteiger charge is -2.09. The van der Waals surface area contributed by atoms with Crippen molar-refractivity contribution in [3.05, 3.63) is 0 Å². The van der Waals surface area contributed by atoms with E-state index in [4.69, 9.17) is 0 Å². The Hall–Kier alpha value is -0.263. The first kappa shape index (κ1) is 12.7. The molecule has 0 aliphatic heterocycles. The minimum Gasteiger partial charge on any atom is -0.314 e. The molecule has 0 bridgehead atoms. The lowest BCUT2D eigenvalue weighted by Crippen LogP contribution is -2.23. The standard InChI is InChI=1S/C11H23NSi/c1-11(2)12-9-7-6-8-10-13(3,4)5/h11-12H,7,9-10H2,1-5H3. The predicted molar refractivity (Wildman–Crippen MR) is 63.7 cm³/mol. The van der Waals surface area contributed by atoms with Crippen LogP contribution in [0.1, 0.15) is 20.3 Å². The second-order valence-electron chi connectivity index (χ2n) is 4.95. The normalized spacial score (nSPS) is 11.2. The molecular formula is C11H23NSi. The zero-order chi connectivity index (χ0) is 10.3. The molecule has 0 saturated heterocycles. The van der Waals surface area contributed by atoms with Gasteiger partial charge in [0.1, 0.15) is 0 Å². The Morgan fingerprint density at radius 3 is 2.23 bits per heavy atom. The highest BCUT2D eigenvalue weighted by Gasteiger charge is 2.09. The molecule has 0 amide bonds. The molecule has 1 nitrogen and oxygen atoms in total. The van der Waals surface area contributed by atoms with Gasteiger partial charge in [-0.15, -0.1) is 11.8 Å². The SMILES string of the molecule is CC(C)NCCC#CC[Si](C)(C)C. The summed E-state index contributed by atoms with van der Waals surface area (Å²) in [6.07, 6.45) is 0.989. The van der Waals surface area contributed by atoms with Gasteiger partial charge in [0.25, 0.3) is 0 Å². The molecular weight excluding hydrogens is 174 g/mol. The third kappa shape index (κ3) is 11.7. The fourth-order valence-electron chi connectivity index (χ4n) is 0.839. The topological polar surface area (TPSA) is 12.0 Å². The lowest BCUT2D eigenvalue weighted by molar-refractivity contribution is 0.598. The van der Waals surface area contributed by atoms with Gasteiger partial charge in [-0.2, -0.15) is 0 Å². The van der Waals surface area contributed by atoms with Gasteiger partial charge in [-0.05, 0) is 0 Å². The first-order valence-corrected chi connectivity index (χ1v) is 8.81. The maximum Gasteiger partial charge on any atom is 0.0573 e. The number of rotatable bonds is 4. The van der Waals surface area contributed by atoms with Gasteiger partial charge in [0.15, 0.2) is 0 Å². The van der Waals surface area contributed by atoms with Crippen LogP contribution in [0.2, 0.25) is 25.7 Å². The Balaban J connectivity index is 3.41. The predicted octanol–water partition coefficient (Wildman–Crippen LogP) is 2.72. The number of hydrogen-bond acceptors (Lipinski definition) is 1. The van der Waals surface area contributed by atoms with Gasteiger partial charge in [-0.1, -0.05) is 33.5 Å². The van der Waals surface area contributed by atoms with E-state index in [1.807, 2.05) is 0 Å². The first-order valence-electron chi connectivity index (χ1n) is 5.11. The third-order valence-corrected chi connectivity index (χ3v) is 2.78. The fraction of sp³-hybridized carbons (Fsp3) is 0.818. The van der Waals surface area contributed by atoms with Crippen LogP contribution in [0.3, 0.4) is 0 Å². The van der Waals surface area contributed by atoms with Gasteiger partial charge in [-0.25, -0.2) is 0 Å². The summed E-state index contributed by atoms with van der Waals surface area (Å²) >= 11 is 0. The summed E-state index contributed by atoms with van der Waals surface area (Å²) in [7, 11) is -0.933. The van der Waals surface area contributed by atoms with E-state index in [1.165, 1.54) is 0 Å². The van der Waals surface area contributed by atoms with E-state index >= 15 is 0 Å². The molecule has 0 rings (SSSR count). The van der Waals surface area contributed by atoms with Gasteiger partial charge in [0.2, 0.25) is 0 Å². The summed E-state index contributed by atoms with van der Waals surface area (Å²) in [6.45, 7) is 12.4. The molecule has 0 aliphatic rings. The van der Waals surface area contributed by atoms with Gasteiger partial charge in [0, 0.05) is 25.1 Å². The second-order valence-corrected chi connectivity index (χ2v) is 10.4. The van der Waals surface area contributed by atoms with Crippen LogP contribution in [0, 0.1) is 11.8 Å². The molecule has 0 atom stereocenters. The highest BCUT2D eigenvalue weighted by molar-refractivity contribution is 6.76. The quantitative estimate of drug-likeness (QED) is 0.415. The van der Waals surface area contributed by atoms with Crippen molar-refractivity contribution in [1.82, 2.24) is 5.32 Å². The van der Waals surface area contributed by atoms with E-state index in [2.05, 4.69) is 50.6 Å². The summed E-state index contributed by atoms with van der Waals surface area (Å²) in [5, 5.41) is 3.35. The Morgan fingerprint density at radius 1 is 1.15 bits per heavy atom. The van der Waals surface area contributed by atoms with Crippen LogP contribution in [0.15, 0.2) is 0 Å². The highest BCUT2D eigenvalue weighted by atomic mass is 28.3. The van der Waals surface area contributed by atoms with Gasteiger partial charge < -0.3 is 5.32 Å². The zero-order valence-electron chi connectivity index (χ0n) is 9.70. The van der Waals surface area contributed by atoms with Crippen LogP contribution in [-0.4, -0.2) is 20.7 Å².